The zero-order valence-electron chi connectivity index (χ0n) is 20.6. The van der Waals surface area contributed by atoms with Crippen LogP contribution in [0.25, 0.3) is 27.3 Å². The van der Waals surface area contributed by atoms with Crippen LogP contribution in [0.1, 0.15) is 11.1 Å². The van der Waals surface area contributed by atoms with E-state index in [0.717, 1.165) is 43.7 Å². The minimum atomic E-state index is -0.314. The molecule has 3 aromatic carbocycles. The lowest BCUT2D eigenvalue weighted by Gasteiger charge is -2.09. The SMILES string of the molecule is Cc1cccc(NC(=O)Nc2ccc(-c3csc4c(C=CC(=O)Nc5ccccc5)cnc(N)c34)cc2)c1. The largest absolute Gasteiger partial charge is 0.383 e. The van der Waals surface area contributed by atoms with Gasteiger partial charge in [-0.15, -0.1) is 11.3 Å². The Morgan fingerprint density at radius 3 is 2.34 bits per heavy atom. The predicted molar refractivity (Wildman–Crippen MR) is 157 cm³/mol. The molecule has 5 aromatic rings. The number of nitrogen functional groups attached to an aromatic ring is 1. The average Bonchev–Trinajstić information content (AvgIpc) is 3.36. The van der Waals surface area contributed by atoms with Crippen LogP contribution in [0.3, 0.4) is 0 Å². The molecular formula is C30H25N5O2S. The molecule has 5 N–H and O–H groups in total. The van der Waals surface area contributed by atoms with Crippen molar-refractivity contribution >= 4 is 62.3 Å². The van der Waals surface area contributed by atoms with E-state index >= 15 is 0 Å². The van der Waals surface area contributed by atoms with Crippen LogP contribution in [0.5, 0.6) is 0 Å². The maximum absolute atomic E-state index is 12.4. The standard InChI is InChI=1S/C30H25N5O2S/c1-19-6-5-9-24(16-19)35-30(37)34-23-13-10-20(11-14-23)25-18-38-28-21(17-32-29(31)27(25)28)12-15-26(36)33-22-7-3-2-4-8-22/h2-18H,1H3,(H2,31,32)(H,33,36)(H2,34,35,37). The first-order valence-corrected chi connectivity index (χ1v) is 12.8. The third-order valence-corrected chi connectivity index (χ3v) is 6.87. The molecule has 0 spiro atoms. The summed E-state index contributed by atoms with van der Waals surface area (Å²) in [5.41, 5.74) is 12.2. The van der Waals surface area contributed by atoms with Gasteiger partial charge in [0.15, 0.2) is 0 Å². The summed E-state index contributed by atoms with van der Waals surface area (Å²) in [6, 6.07) is 24.1. The Morgan fingerprint density at radius 1 is 0.868 bits per heavy atom. The van der Waals surface area contributed by atoms with Crippen molar-refractivity contribution in [2.45, 2.75) is 6.92 Å². The van der Waals surface area contributed by atoms with E-state index in [0.29, 0.717) is 11.5 Å². The Labute approximate surface area is 224 Å². The maximum atomic E-state index is 12.4. The molecule has 0 aliphatic rings. The Kier molecular flexibility index (Phi) is 7.15. The maximum Gasteiger partial charge on any atom is 0.323 e. The van der Waals surface area contributed by atoms with Crippen LogP contribution < -0.4 is 21.7 Å². The highest BCUT2D eigenvalue weighted by Crippen LogP contribution is 2.39. The number of hydrogen-bond donors (Lipinski definition) is 4. The van der Waals surface area contributed by atoms with E-state index in [1.807, 2.05) is 91.2 Å². The van der Waals surface area contributed by atoms with Gasteiger partial charge in [-0.05, 0) is 65.9 Å². The van der Waals surface area contributed by atoms with Gasteiger partial charge in [0.1, 0.15) is 5.82 Å². The fraction of sp³-hybridized carbons (Fsp3) is 0.0333. The van der Waals surface area contributed by atoms with Crippen LogP contribution in [0.15, 0.2) is 96.5 Å². The van der Waals surface area contributed by atoms with Gasteiger partial charge in [0, 0.05) is 50.5 Å². The Morgan fingerprint density at radius 2 is 1.58 bits per heavy atom. The number of nitrogens with one attached hydrogen (secondary N) is 3. The summed E-state index contributed by atoms with van der Waals surface area (Å²) in [6.07, 6.45) is 4.90. The molecule has 0 saturated carbocycles. The van der Waals surface area contributed by atoms with Crippen LogP contribution in [0.4, 0.5) is 27.7 Å². The number of hydrogen-bond acceptors (Lipinski definition) is 5. The van der Waals surface area contributed by atoms with E-state index in [-0.39, 0.29) is 11.9 Å². The van der Waals surface area contributed by atoms with Crippen LogP contribution in [-0.4, -0.2) is 16.9 Å². The van der Waals surface area contributed by atoms with Gasteiger partial charge < -0.3 is 21.7 Å². The van der Waals surface area contributed by atoms with Crippen molar-refractivity contribution in [1.82, 2.24) is 4.98 Å². The summed E-state index contributed by atoms with van der Waals surface area (Å²) >= 11 is 1.54. The quantitative estimate of drug-likeness (QED) is 0.179. The molecule has 2 heterocycles. The van der Waals surface area contributed by atoms with Gasteiger partial charge in [-0.25, -0.2) is 9.78 Å². The van der Waals surface area contributed by atoms with Crippen molar-refractivity contribution in [3.8, 4) is 11.1 Å². The minimum Gasteiger partial charge on any atom is -0.383 e. The summed E-state index contributed by atoms with van der Waals surface area (Å²) < 4.78 is 0.941. The number of carbonyl (C=O) groups excluding carboxylic acids is 2. The van der Waals surface area contributed by atoms with E-state index in [4.69, 9.17) is 5.73 Å². The number of urea groups is 1. The first-order chi connectivity index (χ1) is 18.5. The molecule has 0 radical (unpaired) electrons. The highest BCUT2D eigenvalue weighted by atomic mass is 32.1. The number of rotatable bonds is 6. The molecule has 2 aromatic heterocycles. The normalized spacial score (nSPS) is 11.0. The van der Waals surface area contributed by atoms with E-state index in [1.165, 1.54) is 17.4 Å². The lowest BCUT2D eigenvalue weighted by Crippen LogP contribution is -2.19. The van der Waals surface area contributed by atoms with Crippen LogP contribution in [0.2, 0.25) is 0 Å². The van der Waals surface area contributed by atoms with Gasteiger partial charge in [-0.2, -0.15) is 0 Å². The molecule has 188 valence electrons. The molecule has 0 aliphatic heterocycles. The van der Waals surface area contributed by atoms with Crippen molar-refractivity contribution in [1.29, 1.82) is 0 Å². The fourth-order valence-electron chi connectivity index (χ4n) is 4.04. The van der Waals surface area contributed by atoms with E-state index in [2.05, 4.69) is 20.9 Å². The first kappa shape index (κ1) is 24.7. The lowest BCUT2D eigenvalue weighted by atomic mass is 10.0. The topological polar surface area (TPSA) is 109 Å². The number of benzene rings is 3. The smallest absolute Gasteiger partial charge is 0.323 e. The van der Waals surface area contributed by atoms with Gasteiger partial charge in [0.2, 0.25) is 5.91 Å². The number of carbonyl (C=O) groups is 2. The van der Waals surface area contributed by atoms with Crippen molar-refractivity contribution in [2.24, 2.45) is 0 Å². The number of fused-ring (bicyclic) bond motifs is 1. The van der Waals surface area contributed by atoms with E-state index in [9.17, 15) is 9.59 Å². The predicted octanol–water partition coefficient (Wildman–Crippen LogP) is 7.15. The molecule has 8 heteroatoms. The molecule has 5 rings (SSSR count). The van der Waals surface area contributed by atoms with Crippen molar-refractivity contribution in [2.75, 3.05) is 21.7 Å². The molecule has 3 amide bonds. The molecule has 38 heavy (non-hydrogen) atoms. The molecular weight excluding hydrogens is 494 g/mol. The van der Waals surface area contributed by atoms with E-state index in [1.54, 1.807) is 12.3 Å². The second-order valence-electron chi connectivity index (χ2n) is 8.67. The number of thiophene rings is 1. The number of pyridine rings is 1. The second-order valence-corrected chi connectivity index (χ2v) is 9.55. The van der Waals surface area contributed by atoms with Gasteiger partial charge in [0.05, 0.1) is 0 Å². The van der Waals surface area contributed by atoms with E-state index < -0.39 is 0 Å². The summed E-state index contributed by atoms with van der Waals surface area (Å²) in [5.74, 6) is 0.189. The highest BCUT2D eigenvalue weighted by Gasteiger charge is 2.14. The molecule has 0 atom stereocenters. The Balaban J connectivity index is 1.32. The molecule has 0 bridgehead atoms. The number of nitrogens with two attached hydrogens (primary N) is 1. The lowest BCUT2D eigenvalue weighted by molar-refractivity contribution is -0.111. The monoisotopic (exact) mass is 519 g/mol. The molecule has 7 nitrogen and oxygen atoms in total. The second kappa shape index (κ2) is 11.0. The fourth-order valence-corrected chi connectivity index (χ4v) is 5.12. The van der Waals surface area contributed by atoms with Crippen molar-refractivity contribution in [3.05, 3.63) is 108 Å². The Bertz CT molecular complexity index is 1640. The molecule has 0 fully saturated rings. The van der Waals surface area contributed by atoms with Gasteiger partial charge in [0.25, 0.3) is 0 Å². The number of para-hydroxylation sites is 1. The van der Waals surface area contributed by atoms with Crippen molar-refractivity contribution < 1.29 is 9.59 Å². The average molecular weight is 520 g/mol. The third kappa shape index (κ3) is 5.71. The summed E-state index contributed by atoms with van der Waals surface area (Å²) in [5, 5.41) is 11.4. The number of nitrogens with zero attached hydrogens (tertiary/aromatic N) is 1. The number of aromatic nitrogens is 1. The molecule has 0 unspecified atom stereocenters. The van der Waals surface area contributed by atoms with Gasteiger partial charge in [-0.1, -0.05) is 42.5 Å². The van der Waals surface area contributed by atoms with Crippen LogP contribution >= 0.6 is 11.3 Å². The van der Waals surface area contributed by atoms with Crippen molar-refractivity contribution in [3.63, 3.8) is 0 Å². The zero-order valence-corrected chi connectivity index (χ0v) is 21.4. The summed E-state index contributed by atoms with van der Waals surface area (Å²) in [7, 11) is 0. The number of aryl methyl sites for hydroxylation is 1. The molecule has 0 aliphatic carbocycles. The van der Waals surface area contributed by atoms with Crippen LogP contribution in [0, 0.1) is 6.92 Å². The third-order valence-electron chi connectivity index (χ3n) is 5.84. The summed E-state index contributed by atoms with van der Waals surface area (Å²) in [6.45, 7) is 1.97. The zero-order chi connectivity index (χ0) is 26.5. The first-order valence-electron chi connectivity index (χ1n) is 11.9. The highest BCUT2D eigenvalue weighted by molar-refractivity contribution is 7.18. The van der Waals surface area contributed by atoms with Gasteiger partial charge in [-0.3, -0.25) is 4.79 Å². The minimum absolute atomic E-state index is 0.229. The van der Waals surface area contributed by atoms with Gasteiger partial charge >= 0.3 is 6.03 Å². The molecule has 0 saturated heterocycles. The number of anilines is 4. The number of amides is 3. The summed E-state index contributed by atoms with van der Waals surface area (Å²) in [4.78, 5) is 29.1. The van der Waals surface area contributed by atoms with Crippen LogP contribution in [-0.2, 0) is 4.79 Å². The Hall–Kier alpha value is -4.95.